The molecule has 3 fully saturated rings. The smallest absolute Gasteiger partial charge is 0.324 e. The minimum absolute atomic E-state index is 0.00393. The van der Waals surface area contributed by atoms with E-state index in [2.05, 4.69) is 16.7 Å². The average Bonchev–Trinajstić information content (AvgIpc) is 2.96. The van der Waals surface area contributed by atoms with Gasteiger partial charge < -0.3 is 15.4 Å². The minimum atomic E-state index is 0.00393. The van der Waals surface area contributed by atoms with Gasteiger partial charge in [0.25, 0.3) is 0 Å². The number of rotatable bonds is 3. The second-order valence-corrected chi connectivity index (χ2v) is 8.53. The number of hydrogen-bond donors (Lipinski definition) is 2. The molecule has 0 radical (unpaired) electrons. The molecule has 2 amide bonds. The summed E-state index contributed by atoms with van der Waals surface area (Å²) in [6.45, 7) is 0.727. The fourth-order valence-electron chi connectivity index (χ4n) is 4.56. The fourth-order valence-corrected chi connectivity index (χ4v) is 5.61. The number of hydrogen-bond acceptors (Lipinski definition) is 5. The average molecular weight is 356 g/mol. The van der Waals surface area contributed by atoms with Crippen LogP contribution in [0, 0.1) is 0 Å². The van der Waals surface area contributed by atoms with Crippen LogP contribution >= 0.6 is 11.3 Å². The first-order valence-corrected chi connectivity index (χ1v) is 10.0. The molecular formula is C18H20N4O2S. The number of urea groups is 1. The van der Waals surface area contributed by atoms with Gasteiger partial charge in [0.1, 0.15) is 5.75 Å². The van der Waals surface area contributed by atoms with Crippen LogP contribution in [0.2, 0.25) is 0 Å². The SMILES string of the molecule is O=C1N[C@@H]2[C@@H](CC[C@H]2NC2CC2)N1c1nc2c3c(ccc2s1)OCC3. The zero-order valence-electron chi connectivity index (χ0n) is 13.8. The summed E-state index contributed by atoms with van der Waals surface area (Å²) in [6.07, 6.45) is 5.61. The molecule has 2 N–H and O–H groups in total. The third kappa shape index (κ3) is 2.12. The number of carbonyl (C=O) groups is 1. The van der Waals surface area contributed by atoms with Crippen LogP contribution in [0.4, 0.5) is 9.93 Å². The van der Waals surface area contributed by atoms with E-state index in [1.54, 1.807) is 11.3 Å². The Balaban J connectivity index is 1.35. The number of fused-ring (bicyclic) bond motifs is 4. The molecule has 0 unspecified atom stereocenters. The van der Waals surface area contributed by atoms with Crippen molar-refractivity contribution in [2.75, 3.05) is 11.5 Å². The topological polar surface area (TPSA) is 66.5 Å². The molecule has 3 atom stereocenters. The molecule has 0 spiro atoms. The van der Waals surface area contributed by atoms with Crippen molar-refractivity contribution in [2.24, 2.45) is 0 Å². The van der Waals surface area contributed by atoms with Crippen molar-refractivity contribution in [1.29, 1.82) is 0 Å². The highest BCUT2D eigenvalue weighted by molar-refractivity contribution is 7.22. The van der Waals surface area contributed by atoms with Crippen molar-refractivity contribution in [1.82, 2.24) is 15.6 Å². The van der Waals surface area contributed by atoms with Crippen LogP contribution < -0.4 is 20.3 Å². The molecule has 1 saturated heterocycles. The maximum Gasteiger partial charge on any atom is 0.324 e. The number of amides is 2. The Bertz CT molecular complexity index is 877. The molecule has 3 heterocycles. The van der Waals surface area contributed by atoms with Gasteiger partial charge in [-0.2, -0.15) is 0 Å². The summed E-state index contributed by atoms with van der Waals surface area (Å²) in [5, 5.41) is 7.74. The minimum Gasteiger partial charge on any atom is -0.493 e. The molecular weight excluding hydrogens is 336 g/mol. The molecule has 6 rings (SSSR count). The number of anilines is 1. The second kappa shape index (κ2) is 5.08. The van der Waals surface area contributed by atoms with E-state index in [4.69, 9.17) is 9.72 Å². The van der Waals surface area contributed by atoms with E-state index in [0.29, 0.717) is 12.1 Å². The zero-order chi connectivity index (χ0) is 16.5. The van der Waals surface area contributed by atoms with Crippen LogP contribution in [-0.2, 0) is 6.42 Å². The number of aromatic nitrogens is 1. The van der Waals surface area contributed by atoms with Crippen LogP contribution in [0.5, 0.6) is 5.75 Å². The maximum absolute atomic E-state index is 12.7. The maximum atomic E-state index is 12.7. The Morgan fingerprint density at radius 1 is 1.28 bits per heavy atom. The lowest BCUT2D eigenvalue weighted by molar-refractivity contribution is 0.249. The van der Waals surface area contributed by atoms with Crippen LogP contribution in [0.25, 0.3) is 10.2 Å². The highest BCUT2D eigenvalue weighted by atomic mass is 32.1. The summed E-state index contributed by atoms with van der Waals surface area (Å²) >= 11 is 1.62. The monoisotopic (exact) mass is 356 g/mol. The molecule has 130 valence electrons. The summed E-state index contributed by atoms with van der Waals surface area (Å²) in [7, 11) is 0. The largest absolute Gasteiger partial charge is 0.493 e. The van der Waals surface area contributed by atoms with Crippen LogP contribution in [-0.4, -0.2) is 41.8 Å². The van der Waals surface area contributed by atoms with Crippen LogP contribution in [0.15, 0.2) is 12.1 Å². The molecule has 6 nitrogen and oxygen atoms in total. The van der Waals surface area contributed by atoms with Gasteiger partial charge in [-0.25, -0.2) is 9.78 Å². The summed E-state index contributed by atoms with van der Waals surface area (Å²) in [5.41, 5.74) is 2.20. The first-order valence-electron chi connectivity index (χ1n) is 9.19. The van der Waals surface area contributed by atoms with Gasteiger partial charge in [0.2, 0.25) is 0 Å². The molecule has 1 aromatic carbocycles. The third-order valence-electron chi connectivity index (χ3n) is 5.92. The Morgan fingerprint density at radius 2 is 2.20 bits per heavy atom. The van der Waals surface area contributed by atoms with Crippen molar-refractivity contribution < 1.29 is 9.53 Å². The van der Waals surface area contributed by atoms with Crippen LogP contribution in [0.3, 0.4) is 0 Å². The predicted octanol–water partition coefficient (Wildman–Crippen LogP) is 2.41. The van der Waals surface area contributed by atoms with E-state index in [1.165, 1.54) is 18.4 Å². The van der Waals surface area contributed by atoms with E-state index in [0.717, 1.165) is 47.0 Å². The Hall–Kier alpha value is -1.86. The van der Waals surface area contributed by atoms with E-state index in [-0.39, 0.29) is 18.1 Å². The number of benzene rings is 1. The Kier molecular flexibility index (Phi) is 2.91. The van der Waals surface area contributed by atoms with Gasteiger partial charge in [0.15, 0.2) is 5.13 Å². The van der Waals surface area contributed by atoms with Crippen molar-refractivity contribution in [2.45, 2.75) is 56.3 Å². The third-order valence-corrected chi connectivity index (χ3v) is 6.94. The van der Waals surface area contributed by atoms with Gasteiger partial charge in [0.05, 0.1) is 28.9 Å². The first kappa shape index (κ1) is 14.3. The van der Waals surface area contributed by atoms with Crippen molar-refractivity contribution >= 4 is 32.7 Å². The van der Waals surface area contributed by atoms with Crippen LogP contribution in [0.1, 0.15) is 31.2 Å². The van der Waals surface area contributed by atoms with Gasteiger partial charge in [-0.1, -0.05) is 11.3 Å². The van der Waals surface area contributed by atoms with E-state index in [1.807, 2.05) is 11.0 Å². The van der Waals surface area contributed by atoms with E-state index >= 15 is 0 Å². The lowest BCUT2D eigenvalue weighted by Crippen LogP contribution is -2.46. The fraction of sp³-hybridized carbons (Fsp3) is 0.556. The molecule has 2 aliphatic carbocycles. The lowest BCUT2D eigenvalue weighted by Gasteiger charge is -2.20. The van der Waals surface area contributed by atoms with Gasteiger partial charge in [0, 0.05) is 24.1 Å². The number of nitrogens with one attached hydrogen (secondary N) is 2. The number of thiazole rings is 1. The van der Waals surface area contributed by atoms with E-state index < -0.39 is 0 Å². The Morgan fingerprint density at radius 3 is 3.08 bits per heavy atom. The highest BCUT2D eigenvalue weighted by Crippen LogP contribution is 2.41. The molecule has 7 heteroatoms. The normalized spacial score (nSPS) is 30.5. The number of nitrogens with zero attached hydrogens (tertiary/aromatic N) is 2. The van der Waals surface area contributed by atoms with Gasteiger partial charge in [-0.3, -0.25) is 4.90 Å². The van der Waals surface area contributed by atoms with Gasteiger partial charge >= 0.3 is 6.03 Å². The summed E-state index contributed by atoms with van der Waals surface area (Å²) in [5.74, 6) is 0.947. The first-order chi connectivity index (χ1) is 12.3. The quantitative estimate of drug-likeness (QED) is 0.886. The number of carbonyl (C=O) groups excluding carboxylic acids is 1. The molecule has 2 aliphatic heterocycles. The highest BCUT2D eigenvalue weighted by Gasteiger charge is 2.50. The van der Waals surface area contributed by atoms with Gasteiger partial charge in [-0.15, -0.1) is 0 Å². The standard InChI is InChI=1S/C18H20N4O2S/c23-17-20-16-11(19-9-1-2-9)3-4-12(16)22(17)18-21-15-10-7-8-24-13(10)5-6-14(15)25-18/h5-6,9,11-12,16,19H,1-4,7-8H2,(H,20,23)/t11-,12-,16+/m1/s1. The molecule has 25 heavy (non-hydrogen) atoms. The van der Waals surface area contributed by atoms with Gasteiger partial charge in [-0.05, 0) is 37.8 Å². The van der Waals surface area contributed by atoms with E-state index in [9.17, 15) is 4.79 Å². The number of ether oxygens (including phenoxy) is 1. The molecule has 1 aromatic heterocycles. The van der Waals surface area contributed by atoms with Crippen molar-refractivity contribution in [3.63, 3.8) is 0 Å². The second-order valence-electron chi connectivity index (χ2n) is 7.52. The van der Waals surface area contributed by atoms with Crippen molar-refractivity contribution in [3.05, 3.63) is 17.7 Å². The predicted molar refractivity (Wildman–Crippen MR) is 96.6 cm³/mol. The molecule has 2 aromatic rings. The summed E-state index contributed by atoms with van der Waals surface area (Å²) < 4.78 is 6.79. The Labute approximate surface area is 149 Å². The van der Waals surface area contributed by atoms with Crippen molar-refractivity contribution in [3.8, 4) is 5.75 Å². The molecule has 0 bridgehead atoms. The summed E-state index contributed by atoms with van der Waals surface area (Å²) in [4.78, 5) is 19.4. The summed E-state index contributed by atoms with van der Waals surface area (Å²) in [6, 6.07) is 5.59. The lowest BCUT2D eigenvalue weighted by atomic mass is 10.1. The molecule has 2 saturated carbocycles. The molecule has 4 aliphatic rings. The zero-order valence-corrected chi connectivity index (χ0v) is 14.6.